The van der Waals surface area contributed by atoms with Crippen LogP contribution in [0.25, 0.3) is 4.96 Å². The minimum absolute atomic E-state index is 0.538. The number of fused-ring (bicyclic) bond motifs is 1. The summed E-state index contributed by atoms with van der Waals surface area (Å²) in [5.41, 5.74) is 1.71. The first-order valence-electron chi connectivity index (χ1n) is 3.41. The summed E-state index contributed by atoms with van der Waals surface area (Å²) < 4.78 is 1.64. The Morgan fingerprint density at radius 2 is 2.62 bits per heavy atom. The molecule has 2 heterocycles. The van der Waals surface area contributed by atoms with Crippen molar-refractivity contribution in [2.75, 3.05) is 7.11 Å². The highest BCUT2D eigenvalue weighted by Crippen LogP contribution is 2.14. The van der Waals surface area contributed by atoms with Crippen LogP contribution in [-0.2, 0) is 9.78 Å². The fraction of sp³-hybridized carbons (Fsp3) is 0.167. The van der Waals surface area contributed by atoms with Gasteiger partial charge in [-0.05, 0) is 0 Å². The Balaban J connectivity index is 2.20. The van der Waals surface area contributed by atoms with Crippen LogP contribution in [0.2, 0.25) is 0 Å². The Bertz CT molecular complexity index is 392. The highest BCUT2D eigenvalue weighted by atomic mass is 32.1. The van der Waals surface area contributed by atoms with Gasteiger partial charge in [0.05, 0.1) is 13.3 Å². The number of aliphatic imine (C=N–C) groups is 1. The second-order valence-electron chi connectivity index (χ2n) is 2.06. The van der Waals surface area contributed by atoms with Gasteiger partial charge in [0.2, 0.25) is 11.4 Å². The van der Waals surface area contributed by atoms with Gasteiger partial charge in [0.25, 0.3) is 0 Å². The van der Waals surface area contributed by atoms with E-state index in [-0.39, 0.29) is 0 Å². The molecular formula is C6H6N4O2S. The molecule has 0 aromatic carbocycles. The lowest BCUT2D eigenvalue weighted by atomic mass is 10.8. The quantitative estimate of drug-likeness (QED) is 0.320. The summed E-state index contributed by atoms with van der Waals surface area (Å²) in [5.74, 6) is 0.538. The van der Waals surface area contributed by atoms with E-state index in [1.165, 1.54) is 24.8 Å². The maximum absolute atomic E-state index is 4.45. The van der Waals surface area contributed by atoms with Crippen LogP contribution in [0.3, 0.4) is 0 Å². The van der Waals surface area contributed by atoms with Crippen LogP contribution >= 0.6 is 11.3 Å². The molecule has 0 aliphatic heterocycles. The fourth-order valence-electron chi connectivity index (χ4n) is 0.808. The van der Waals surface area contributed by atoms with E-state index in [1.807, 2.05) is 0 Å². The summed E-state index contributed by atoms with van der Waals surface area (Å²) in [6.07, 6.45) is 2.87. The topological polar surface area (TPSA) is 61.0 Å². The van der Waals surface area contributed by atoms with Gasteiger partial charge in [-0.2, -0.15) is 20.0 Å². The van der Waals surface area contributed by atoms with Crippen molar-refractivity contribution in [2.24, 2.45) is 4.99 Å². The Morgan fingerprint density at radius 1 is 1.69 bits per heavy atom. The molecule has 0 amide bonds. The van der Waals surface area contributed by atoms with Crippen molar-refractivity contribution in [3.05, 3.63) is 11.7 Å². The molecule has 2 aromatic heterocycles. The van der Waals surface area contributed by atoms with Crippen LogP contribution in [0, 0.1) is 0 Å². The van der Waals surface area contributed by atoms with Gasteiger partial charge in [-0.15, -0.1) is 0 Å². The Kier molecular flexibility index (Phi) is 2.19. The second-order valence-corrected chi connectivity index (χ2v) is 2.87. The van der Waals surface area contributed by atoms with E-state index in [0.717, 1.165) is 4.96 Å². The van der Waals surface area contributed by atoms with Crippen LogP contribution in [0.15, 0.2) is 16.7 Å². The maximum atomic E-state index is 4.45. The standard InChI is InChI=1S/C6H6N4O2S/c1-11-12-3-7-5-2-10-6(9-5)13-4-8-10/h2-4H,1H3. The van der Waals surface area contributed by atoms with Crippen LogP contribution in [0.4, 0.5) is 5.82 Å². The van der Waals surface area contributed by atoms with Gasteiger partial charge in [-0.1, -0.05) is 11.3 Å². The molecule has 0 aliphatic carbocycles. The molecule has 0 saturated heterocycles. The van der Waals surface area contributed by atoms with Crippen molar-refractivity contribution in [1.82, 2.24) is 14.6 Å². The predicted octanol–water partition coefficient (Wildman–Crippen LogP) is 1.03. The minimum Gasteiger partial charge on any atom is -0.325 e. The van der Waals surface area contributed by atoms with Crippen LogP contribution in [0.1, 0.15) is 0 Å². The molecule has 7 heteroatoms. The highest BCUT2D eigenvalue weighted by Gasteiger charge is 2.00. The Labute approximate surface area is 77.4 Å². The molecule has 0 spiro atoms. The van der Waals surface area contributed by atoms with Crippen molar-refractivity contribution in [1.29, 1.82) is 0 Å². The maximum Gasteiger partial charge on any atom is 0.221 e. The van der Waals surface area contributed by atoms with E-state index in [1.54, 1.807) is 16.2 Å². The molecular weight excluding hydrogens is 192 g/mol. The first-order chi connectivity index (χ1) is 6.40. The second kappa shape index (κ2) is 3.50. The van der Waals surface area contributed by atoms with E-state index < -0.39 is 0 Å². The molecule has 13 heavy (non-hydrogen) atoms. The molecule has 0 unspecified atom stereocenters. The molecule has 0 N–H and O–H groups in total. The lowest BCUT2D eigenvalue weighted by Gasteiger charge is -1.87. The molecule has 2 aromatic rings. The number of hydrogen-bond donors (Lipinski definition) is 0. The monoisotopic (exact) mass is 198 g/mol. The molecule has 6 nitrogen and oxygen atoms in total. The largest absolute Gasteiger partial charge is 0.325 e. The summed E-state index contributed by atoms with van der Waals surface area (Å²) in [6.45, 7) is 0. The van der Waals surface area contributed by atoms with E-state index in [9.17, 15) is 0 Å². The number of rotatable bonds is 3. The average Bonchev–Trinajstić information content (AvgIpc) is 2.64. The molecule has 0 fully saturated rings. The van der Waals surface area contributed by atoms with Crippen LogP contribution in [0.5, 0.6) is 0 Å². The number of aromatic nitrogens is 3. The zero-order valence-corrected chi connectivity index (χ0v) is 7.56. The molecule has 2 rings (SSSR count). The van der Waals surface area contributed by atoms with Gasteiger partial charge in [-0.25, -0.2) is 4.52 Å². The average molecular weight is 198 g/mol. The van der Waals surface area contributed by atoms with Crippen molar-refractivity contribution in [2.45, 2.75) is 0 Å². The van der Waals surface area contributed by atoms with Crippen molar-refractivity contribution in [3.63, 3.8) is 0 Å². The van der Waals surface area contributed by atoms with E-state index in [0.29, 0.717) is 5.82 Å². The third-order valence-corrected chi connectivity index (χ3v) is 1.99. The van der Waals surface area contributed by atoms with Gasteiger partial charge in [0, 0.05) is 0 Å². The van der Waals surface area contributed by atoms with Crippen LogP contribution in [-0.4, -0.2) is 28.1 Å². The Hall–Kier alpha value is -1.47. The van der Waals surface area contributed by atoms with Crippen molar-refractivity contribution in [3.8, 4) is 0 Å². The molecule has 68 valence electrons. The number of imidazole rings is 1. The molecule has 0 atom stereocenters. The number of hydrogen-bond acceptors (Lipinski definition) is 6. The molecule has 0 radical (unpaired) electrons. The molecule has 0 bridgehead atoms. The lowest BCUT2D eigenvalue weighted by molar-refractivity contribution is -0.187. The SMILES string of the molecule is COOC=Nc1cn2ncsc2n1. The summed E-state index contributed by atoms with van der Waals surface area (Å²) in [5, 5.41) is 3.99. The van der Waals surface area contributed by atoms with Crippen LogP contribution < -0.4 is 0 Å². The van der Waals surface area contributed by atoms with Gasteiger partial charge < -0.3 is 4.89 Å². The number of nitrogens with zero attached hydrogens (tertiary/aromatic N) is 4. The third-order valence-electron chi connectivity index (χ3n) is 1.30. The first kappa shape index (κ1) is 8.14. The van der Waals surface area contributed by atoms with Gasteiger partial charge >= 0.3 is 0 Å². The highest BCUT2D eigenvalue weighted by molar-refractivity contribution is 7.14. The fourth-order valence-corrected chi connectivity index (χ4v) is 1.41. The van der Waals surface area contributed by atoms with E-state index in [4.69, 9.17) is 0 Å². The van der Waals surface area contributed by atoms with Gasteiger partial charge in [0.1, 0.15) is 5.51 Å². The lowest BCUT2D eigenvalue weighted by Crippen LogP contribution is -1.82. The zero-order chi connectivity index (χ0) is 9.10. The summed E-state index contributed by atoms with van der Waals surface area (Å²) in [6, 6.07) is 0. The predicted molar refractivity (Wildman–Crippen MR) is 47.1 cm³/mol. The molecule has 0 saturated carbocycles. The smallest absolute Gasteiger partial charge is 0.221 e. The summed E-state index contributed by atoms with van der Waals surface area (Å²) in [7, 11) is 1.40. The van der Waals surface area contributed by atoms with Gasteiger partial charge in [-0.3, -0.25) is 0 Å². The van der Waals surface area contributed by atoms with Crippen molar-refractivity contribution >= 4 is 28.5 Å². The minimum atomic E-state index is 0.538. The normalized spacial score (nSPS) is 11.5. The van der Waals surface area contributed by atoms with Crippen molar-refractivity contribution < 1.29 is 9.78 Å². The summed E-state index contributed by atoms with van der Waals surface area (Å²) in [4.78, 5) is 17.6. The van der Waals surface area contributed by atoms with E-state index >= 15 is 0 Å². The third kappa shape index (κ3) is 1.65. The first-order valence-corrected chi connectivity index (χ1v) is 4.29. The summed E-state index contributed by atoms with van der Waals surface area (Å²) >= 11 is 1.44. The Morgan fingerprint density at radius 3 is 3.38 bits per heavy atom. The molecule has 0 aliphatic rings. The zero-order valence-electron chi connectivity index (χ0n) is 6.75. The van der Waals surface area contributed by atoms with E-state index in [2.05, 4.69) is 24.9 Å². The van der Waals surface area contributed by atoms with Gasteiger partial charge in [0.15, 0.2) is 5.82 Å².